The smallest absolute Gasteiger partial charge is 0.337 e. The first-order chi connectivity index (χ1) is 9.76. The molecule has 0 atom stereocenters. The quantitative estimate of drug-likeness (QED) is 0.753. The van der Waals surface area contributed by atoms with Gasteiger partial charge in [0.05, 0.1) is 16.9 Å². The number of amides is 2. The number of hydrogen-bond donors (Lipinski definition) is 3. The molecule has 0 saturated heterocycles. The van der Waals surface area contributed by atoms with E-state index >= 15 is 0 Å². The molecular formula is C14H19FN2O4. The Morgan fingerprint density at radius 3 is 2.62 bits per heavy atom. The number of aromatic carboxylic acids is 1. The predicted molar refractivity (Wildman–Crippen MR) is 76.1 cm³/mol. The summed E-state index contributed by atoms with van der Waals surface area (Å²) >= 11 is 0. The Hall–Kier alpha value is -2.15. The highest BCUT2D eigenvalue weighted by Crippen LogP contribution is 2.19. The van der Waals surface area contributed by atoms with Gasteiger partial charge in [0.15, 0.2) is 0 Å². The fourth-order valence-corrected chi connectivity index (χ4v) is 1.72. The van der Waals surface area contributed by atoms with Crippen molar-refractivity contribution in [1.82, 2.24) is 5.32 Å². The summed E-state index contributed by atoms with van der Waals surface area (Å²) in [4.78, 5) is 22.8. The zero-order valence-corrected chi connectivity index (χ0v) is 12.2. The molecule has 2 amide bonds. The minimum Gasteiger partial charge on any atom is -0.478 e. The number of nitrogens with one attached hydrogen (secondary N) is 2. The molecule has 0 spiro atoms. The number of para-hydroxylation sites is 1. The number of carbonyl (C=O) groups is 2. The van der Waals surface area contributed by atoms with Crippen molar-refractivity contribution in [3.05, 3.63) is 29.6 Å². The monoisotopic (exact) mass is 298 g/mol. The van der Waals surface area contributed by atoms with Crippen LogP contribution in [0.3, 0.4) is 0 Å². The number of hydrogen-bond acceptors (Lipinski definition) is 3. The summed E-state index contributed by atoms with van der Waals surface area (Å²) in [7, 11) is 0. The van der Waals surface area contributed by atoms with E-state index in [4.69, 9.17) is 9.84 Å². The summed E-state index contributed by atoms with van der Waals surface area (Å²) < 4.78 is 19.0. The summed E-state index contributed by atoms with van der Waals surface area (Å²) in [6.45, 7) is 6.11. The molecule has 0 aliphatic heterocycles. The third-order valence-corrected chi connectivity index (χ3v) is 2.69. The Morgan fingerprint density at radius 2 is 2.05 bits per heavy atom. The first-order valence-corrected chi connectivity index (χ1v) is 6.47. The molecular weight excluding hydrogens is 279 g/mol. The lowest BCUT2D eigenvalue weighted by Gasteiger charge is -2.25. The lowest BCUT2D eigenvalue weighted by Crippen LogP contribution is -2.42. The number of rotatable bonds is 6. The van der Waals surface area contributed by atoms with Crippen molar-refractivity contribution >= 4 is 17.7 Å². The largest absolute Gasteiger partial charge is 0.478 e. The number of carbonyl (C=O) groups excluding carboxylic acids is 1. The van der Waals surface area contributed by atoms with Crippen LogP contribution in [0.1, 0.15) is 31.1 Å². The van der Waals surface area contributed by atoms with Gasteiger partial charge in [0.25, 0.3) is 0 Å². The van der Waals surface area contributed by atoms with E-state index in [9.17, 15) is 14.0 Å². The van der Waals surface area contributed by atoms with Crippen LogP contribution in [0, 0.1) is 5.82 Å². The molecule has 116 valence electrons. The van der Waals surface area contributed by atoms with E-state index in [1.54, 1.807) is 13.8 Å². The van der Waals surface area contributed by atoms with E-state index in [0.717, 1.165) is 6.07 Å². The summed E-state index contributed by atoms with van der Waals surface area (Å²) in [6.07, 6.45) is 0. The predicted octanol–water partition coefficient (Wildman–Crippen LogP) is 2.46. The van der Waals surface area contributed by atoms with Crippen LogP contribution in [0.2, 0.25) is 0 Å². The van der Waals surface area contributed by atoms with E-state index in [1.807, 2.05) is 6.92 Å². The number of benzene rings is 1. The SMILES string of the molecule is CCOC(C)(C)CNC(=O)Nc1c(F)cccc1C(=O)O. The van der Waals surface area contributed by atoms with Crippen LogP contribution in [-0.2, 0) is 4.74 Å². The molecule has 21 heavy (non-hydrogen) atoms. The molecule has 6 nitrogen and oxygen atoms in total. The number of urea groups is 1. The fraction of sp³-hybridized carbons (Fsp3) is 0.429. The minimum atomic E-state index is -1.32. The summed E-state index contributed by atoms with van der Waals surface area (Å²) in [5.41, 5.74) is -1.25. The highest BCUT2D eigenvalue weighted by Gasteiger charge is 2.20. The molecule has 0 aliphatic carbocycles. The number of carboxylic acid groups (broad SMARTS) is 1. The van der Waals surface area contributed by atoms with Gasteiger partial charge in [-0.05, 0) is 32.9 Å². The van der Waals surface area contributed by atoms with Gasteiger partial charge in [0, 0.05) is 13.2 Å². The Bertz CT molecular complexity index is 532. The van der Waals surface area contributed by atoms with Gasteiger partial charge in [0.1, 0.15) is 5.82 Å². The second-order valence-corrected chi connectivity index (χ2v) is 4.97. The summed E-state index contributed by atoms with van der Waals surface area (Å²) in [5, 5.41) is 13.7. The van der Waals surface area contributed by atoms with Gasteiger partial charge in [-0.2, -0.15) is 0 Å². The van der Waals surface area contributed by atoms with Crippen LogP contribution >= 0.6 is 0 Å². The van der Waals surface area contributed by atoms with E-state index in [1.165, 1.54) is 12.1 Å². The van der Waals surface area contributed by atoms with Crippen molar-refractivity contribution in [2.24, 2.45) is 0 Å². The molecule has 1 aromatic carbocycles. The van der Waals surface area contributed by atoms with Gasteiger partial charge < -0.3 is 20.5 Å². The van der Waals surface area contributed by atoms with E-state index in [-0.39, 0.29) is 17.8 Å². The molecule has 1 rings (SSSR count). The van der Waals surface area contributed by atoms with Crippen LogP contribution in [0.25, 0.3) is 0 Å². The molecule has 7 heteroatoms. The van der Waals surface area contributed by atoms with Crippen LogP contribution in [-0.4, -0.2) is 35.9 Å². The summed E-state index contributed by atoms with van der Waals surface area (Å²) in [6, 6.07) is 2.85. The van der Waals surface area contributed by atoms with Gasteiger partial charge >= 0.3 is 12.0 Å². The van der Waals surface area contributed by atoms with Crippen molar-refractivity contribution in [3.8, 4) is 0 Å². The number of carboxylic acids is 1. The van der Waals surface area contributed by atoms with Crippen LogP contribution in [0.5, 0.6) is 0 Å². The molecule has 0 aliphatic rings. The molecule has 0 saturated carbocycles. The number of ether oxygens (including phenoxy) is 1. The molecule has 3 N–H and O–H groups in total. The third-order valence-electron chi connectivity index (χ3n) is 2.69. The van der Waals surface area contributed by atoms with E-state index < -0.39 is 23.4 Å². The summed E-state index contributed by atoms with van der Waals surface area (Å²) in [5.74, 6) is -2.13. The Labute approximate surface area is 122 Å². The first kappa shape index (κ1) is 16.9. The Morgan fingerprint density at radius 1 is 1.38 bits per heavy atom. The third kappa shape index (κ3) is 5.03. The van der Waals surface area contributed by atoms with Gasteiger partial charge in [-0.3, -0.25) is 0 Å². The standard InChI is InChI=1S/C14H19FN2O4/c1-4-21-14(2,3)8-16-13(20)17-11-9(12(18)19)6-5-7-10(11)15/h5-7H,4,8H2,1-3H3,(H,18,19)(H2,16,17,20). The van der Waals surface area contributed by atoms with Gasteiger partial charge in [-0.15, -0.1) is 0 Å². The molecule has 0 bridgehead atoms. The second kappa shape index (κ2) is 7.03. The molecule has 0 fully saturated rings. The topological polar surface area (TPSA) is 87.7 Å². The maximum absolute atomic E-state index is 13.6. The fourth-order valence-electron chi connectivity index (χ4n) is 1.72. The van der Waals surface area contributed by atoms with Gasteiger partial charge in [0.2, 0.25) is 0 Å². The van der Waals surface area contributed by atoms with Crippen molar-refractivity contribution < 1.29 is 23.8 Å². The average molecular weight is 298 g/mol. The number of anilines is 1. The lowest BCUT2D eigenvalue weighted by molar-refractivity contribution is -0.00663. The van der Waals surface area contributed by atoms with Crippen LogP contribution in [0.4, 0.5) is 14.9 Å². The van der Waals surface area contributed by atoms with Crippen molar-refractivity contribution in [2.75, 3.05) is 18.5 Å². The molecule has 0 heterocycles. The van der Waals surface area contributed by atoms with Gasteiger partial charge in [-0.25, -0.2) is 14.0 Å². The zero-order valence-electron chi connectivity index (χ0n) is 12.2. The Balaban J connectivity index is 2.74. The van der Waals surface area contributed by atoms with Gasteiger partial charge in [-0.1, -0.05) is 6.07 Å². The Kier molecular flexibility index (Phi) is 5.66. The molecule has 0 unspecified atom stereocenters. The van der Waals surface area contributed by atoms with Crippen LogP contribution in [0.15, 0.2) is 18.2 Å². The molecule has 0 aromatic heterocycles. The maximum Gasteiger partial charge on any atom is 0.337 e. The zero-order chi connectivity index (χ0) is 16.0. The van der Waals surface area contributed by atoms with Crippen molar-refractivity contribution in [2.45, 2.75) is 26.4 Å². The highest BCUT2D eigenvalue weighted by atomic mass is 19.1. The van der Waals surface area contributed by atoms with Crippen molar-refractivity contribution in [3.63, 3.8) is 0 Å². The van der Waals surface area contributed by atoms with Crippen molar-refractivity contribution in [1.29, 1.82) is 0 Å². The van der Waals surface area contributed by atoms with E-state index in [0.29, 0.717) is 6.61 Å². The minimum absolute atomic E-state index is 0.198. The maximum atomic E-state index is 13.6. The normalized spacial score (nSPS) is 11.0. The first-order valence-electron chi connectivity index (χ1n) is 6.47. The second-order valence-electron chi connectivity index (χ2n) is 4.97. The van der Waals surface area contributed by atoms with Crippen LogP contribution < -0.4 is 10.6 Å². The highest BCUT2D eigenvalue weighted by molar-refractivity contribution is 6.00. The average Bonchev–Trinajstić information content (AvgIpc) is 2.38. The lowest BCUT2D eigenvalue weighted by atomic mass is 10.1. The molecule has 1 aromatic rings. The molecule has 0 radical (unpaired) electrons. The number of halogens is 1. The van der Waals surface area contributed by atoms with E-state index in [2.05, 4.69) is 10.6 Å².